The van der Waals surface area contributed by atoms with Crippen molar-refractivity contribution in [1.82, 2.24) is 4.98 Å². The number of primary amides is 1. The van der Waals surface area contributed by atoms with E-state index in [9.17, 15) is 9.90 Å². The molecule has 0 radical (unpaired) electrons. The van der Waals surface area contributed by atoms with Crippen LogP contribution in [0.4, 0.5) is 0 Å². The molecule has 0 atom stereocenters. The Kier molecular flexibility index (Phi) is 4.33. The van der Waals surface area contributed by atoms with Gasteiger partial charge in [-0.2, -0.15) is 0 Å². The van der Waals surface area contributed by atoms with Crippen LogP contribution in [0.3, 0.4) is 0 Å². The molecule has 1 aliphatic rings. The highest BCUT2D eigenvalue weighted by Crippen LogP contribution is 2.46. The monoisotopic (exact) mass is 352 g/mol. The van der Waals surface area contributed by atoms with Crippen LogP contribution in [-0.2, 0) is 0 Å². The maximum absolute atomic E-state index is 11.8. The molecule has 0 bridgehead atoms. The summed E-state index contributed by atoms with van der Waals surface area (Å²) in [5, 5.41) is 10.7. The molecule has 23 heavy (non-hydrogen) atoms. The van der Waals surface area contributed by atoms with E-state index in [0.717, 1.165) is 12.8 Å². The smallest absolute Gasteiger partial charge is 0.249 e. The summed E-state index contributed by atoms with van der Waals surface area (Å²) >= 11 is 12.4. The first-order chi connectivity index (χ1) is 11.0. The topological polar surface area (TPSA) is 85.4 Å². The lowest BCUT2D eigenvalue weighted by Gasteiger charge is -2.17. The lowest BCUT2D eigenvalue weighted by atomic mass is 9.98. The second-order valence-corrected chi connectivity index (χ2v) is 6.25. The highest BCUT2D eigenvalue weighted by molar-refractivity contribution is 6.39. The largest absolute Gasteiger partial charge is 0.504 e. The predicted molar refractivity (Wildman–Crippen MR) is 88.1 cm³/mol. The zero-order chi connectivity index (χ0) is 16.6. The lowest BCUT2D eigenvalue weighted by Crippen LogP contribution is -2.14. The molecule has 0 saturated heterocycles. The van der Waals surface area contributed by atoms with Crippen molar-refractivity contribution in [1.29, 1.82) is 0 Å². The number of nitrogens with two attached hydrogens (primary N) is 1. The Hall–Kier alpha value is -1.98. The molecule has 1 amide bonds. The van der Waals surface area contributed by atoms with E-state index in [1.807, 2.05) is 0 Å². The third kappa shape index (κ3) is 3.21. The van der Waals surface area contributed by atoms with E-state index in [1.165, 1.54) is 24.5 Å². The van der Waals surface area contributed by atoms with Gasteiger partial charge in [0.05, 0.1) is 22.2 Å². The Morgan fingerprint density at radius 2 is 1.91 bits per heavy atom. The summed E-state index contributed by atoms with van der Waals surface area (Å²) in [7, 11) is 0. The zero-order valence-electron chi connectivity index (χ0n) is 12.1. The van der Waals surface area contributed by atoms with Crippen LogP contribution in [-0.4, -0.2) is 22.6 Å². The predicted octanol–water partition coefficient (Wildman–Crippen LogP) is 3.65. The maximum Gasteiger partial charge on any atom is 0.249 e. The Labute approximate surface area is 143 Å². The van der Waals surface area contributed by atoms with Crippen LogP contribution in [0.5, 0.6) is 11.5 Å². The minimum absolute atomic E-state index is 0.102. The van der Waals surface area contributed by atoms with Crippen molar-refractivity contribution in [3.63, 3.8) is 0 Å². The Morgan fingerprint density at radius 1 is 1.26 bits per heavy atom. The van der Waals surface area contributed by atoms with Gasteiger partial charge < -0.3 is 15.6 Å². The van der Waals surface area contributed by atoms with E-state index in [-0.39, 0.29) is 32.7 Å². The Bertz CT molecular complexity index is 756. The fraction of sp³-hybridized carbons (Fsp3) is 0.250. The number of aromatic hydroxyl groups is 1. The van der Waals surface area contributed by atoms with Gasteiger partial charge in [0, 0.05) is 23.5 Å². The number of carbonyl (C=O) groups is 1. The van der Waals surface area contributed by atoms with Crippen molar-refractivity contribution < 1.29 is 14.6 Å². The second kappa shape index (κ2) is 6.26. The molecule has 1 aromatic heterocycles. The summed E-state index contributed by atoms with van der Waals surface area (Å²) in [5.74, 6) is -0.152. The Morgan fingerprint density at radius 3 is 2.48 bits per heavy atom. The lowest BCUT2D eigenvalue weighted by molar-refractivity contribution is 0.100. The maximum atomic E-state index is 11.8. The fourth-order valence-electron chi connectivity index (χ4n) is 2.31. The molecular weight excluding hydrogens is 339 g/mol. The first kappa shape index (κ1) is 15.9. The number of ether oxygens (including phenoxy) is 1. The van der Waals surface area contributed by atoms with Gasteiger partial charge >= 0.3 is 0 Å². The fourth-order valence-corrected chi connectivity index (χ4v) is 2.86. The van der Waals surface area contributed by atoms with Gasteiger partial charge in [0.15, 0.2) is 11.5 Å². The standard InChI is InChI=1S/C16H14Cl2N2O3/c17-10-5-20-6-11(18)14(10)13-9(16(19)22)3-4-12(21)15(13)23-7-8-1-2-8/h3-6,8,21H,1-2,7H2,(H2,19,22). The summed E-state index contributed by atoms with van der Waals surface area (Å²) in [6, 6.07) is 2.79. The molecule has 0 spiro atoms. The quantitative estimate of drug-likeness (QED) is 0.859. The van der Waals surface area contributed by atoms with Gasteiger partial charge in [0.25, 0.3) is 0 Å². The van der Waals surface area contributed by atoms with E-state index in [0.29, 0.717) is 18.1 Å². The van der Waals surface area contributed by atoms with Crippen LogP contribution in [0.25, 0.3) is 11.1 Å². The summed E-state index contributed by atoms with van der Waals surface area (Å²) in [6.07, 6.45) is 4.98. The van der Waals surface area contributed by atoms with Crippen molar-refractivity contribution in [2.75, 3.05) is 6.61 Å². The van der Waals surface area contributed by atoms with E-state index in [1.54, 1.807) is 0 Å². The molecule has 3 rings (SSSR count). The van der Waals surface area contributed by atoms with E-state index < -0.39 is 5.91 Å². The number of amides is 1. The number of aromatic nitrogens is 1. The number of hydrogen-bond donors (Lipinski definition) is 2. The second-order valence-electron chi connectivity index (χ2n) is 5.43. The van der Waals surface area contributed by atoms with E-state index >= 15 is 0 Å². The minimum Gasteiger partial charge on any atom is -0.504 e. The van der Waals surface area contributed by atoms with Crippen molar-refractivity contribution >= 4 is 29.1 Å². The van der Waals surface area contributed by atoms with Gasteiger partial charge in [-0.3, -0.25) is 9.78 Å². The molecule has 0 aliphatic heterocycles. The van der Waals surface area contributed by atoms with Gasteiger partial charge in [-0.05, 0) is 30.9 Å². The SMILES string of the molecule is NC(=O)c1ccc(O)c(OCC2CC2)c1-c1c(Cl)cncc1Cl. The van der Waals surface area contributed by atoms with Crippen molar-refractivity contribution in [3.8, 4) is 22.6 Å². The number of pyridine rings is 1. The third-order valence-electron chi connectivity index (χ3n) is 3.67. The average Bonchev–Trinajstić information content (AvgIpc) is 3.30. The first-order valence-electron chi connectivity index (χ1n) is 7.07. The average molecular weight is 353 g/mol. The molecule has 7 heteroatoms. The van der Waals surface area contributed by atoms with Crippen molar-refractivity contribution in [2.24, 2.45) is 11.7 Å². The van der Waals surface area contributed by atoms with Crippen LogP contribution in [0.1, 0.15) is 23.2 Å². The summed E-state index contributed by atoms with van der Waals surface area (Å²) < 4.78 is 5.75. The van der Waals surface area contributed by atoms with Crippen LogP contribution in [0.2, 0.25) is 10.0 Å². The summed E-state index contributed by atoms with van der Waals surface area (Å²) in [5.41, 5.74) is 6.28. The van der Waals surface area contributed by atoms with Crippen LogP contribution in [0.15, 0.2) is 24.5 Å². The number of benzene rings is 1. The highest BCUT2D eigenvalue weighted by Gasteiger charge is 2.27. The number of phenols is 1. The molecule has 1 aromatic carbocycles. The number of hydrogen-bond acceptors (Lipinski definition) is 4. The third-order valence-corrected chi connectivity index (χ3v) is 4.24. The molecule has 2 aromatic rings. The van der Waals surface area contributed by atoms with Crippen LogP contribution in [0, 0.1) is 5.92 Å². The summed E-state index contributed by atoms with van der Waals surface area (Å²) in [6.45, 7) is 0.448. The number of carbonyl (C=O) groups excluding carboxylic acids is 1. The minimum atomic E-state index is -0.666. The molecule has 1 aliphatic carbocycles. The number of rotatable bonds is 5. The van der Waals surface area contributed by atoms with Gasteiger partial charge in [-0.15, -0.1) is 0 Å². The highest BCUT2D eigenvalue weighted by atomic mass is 35.5. The molecular formula is C16H14Cl2N2O3. The molecule has 1 heterocycles. The normalized spacial score (nSPS) is 13.8. The van der Waals surface area contributed by atoms with Gasteiger partial charge in [-0.1, -0.05) is 23.2 Å². The number of phenolic OH excluding ortho intramolecular Hbond substituents is 1. The van der Waals surface area contributed by atoms with E-state index in [2.05, 4.69) is 4.98 Å². The zero-order valence-corrected chi connectivity index (χ0v) is 13.6. The van der Waals surface area contributed by atoms with E-state index in [4.69, 9.17) is 33.7 Å². The number of halogens is 2. The number of nitrogens with zero attached hydrogens (tertiary/aromatic N) is 1. The summed E-state index contributed by atoms with van der Waals surface area (Å²) in [4.78, 5) is 15.7. The molecule has 5 nitrogen and oxygen atoms in total. The molecule has 120 valence electrons. The molecule has 1 saturated carbocycles. The van der Waals surface area contributed by atoms with Crippen LogP contribution < -0.4 is 10.5 Å². The first-order valence-corrected chi connectivity index (χ1v) is 7.82. The van der Waals surface area contributed by atoms with Crippen LogP contribution >= 0.6 is 23.2 Å². The van der Waals surface area contributed by atoms with Gasteiger partial charge in [-0.25, -0.2) is 0 Å². The molecule has 3 N–H and O–H groups in total. The van der Waals surface area contributed by atoms with Gasteiger partial charge in [0.2, 0.25) is 5.91 Å². The van der Waals surface area contributed by atoms with Crippen molar-refractivity contribution in [2.45, 2.75) is 12.8 Å². The molecule has 1 fully saturated rings. The van der Waals surface area contributed by atoms with Crippen molar-refractivity contribution in [3.05, 3.63) is 40.1 Å². The molecule has 0 unspecified atom stereocenters. The Balaban J connectivity index is 2.21. The van der Waals surface area contributed by atoms with Gasteiger partial charge in [0.1, 0.15) is 0 Å².